The lowest BCUT2D eigenvalue weighted by Gasteiger charge is -2.07. The summed E-state index contributed by atoms with van der Waals surface area (Å²) in [7, 11) is 0. The normalized spacial score (nSPS) is 15.6. The first-order valence-electron chi connectivity index (χ1n) is 5.12. The summed E-state index contributed by atoms with van der Waals surface area (Å²) in [4.78, 5) is 4.32. The van der Waals surface area contributed by atoms with Crippen LogP contribution in [0.5, 0.6) is 0 Å². The topological polar surface area (TPSA) is 45.2 Å². The van der Waals surface area contributed by atoms with Crippen LogP contribution in [0.1, 0.15) is 24.0 Å². The molecule has 1 aromatic heterocycles. The summed E-state index contributed by atoms with van der Waals surface area (Å²) >= 11 is 0. The van der Waals surface area contributed by atoms with Gasteiger partial charge in [0.05, 0.1) is 0 Å². The van der Waals surface area contributed by atoms with Crippen LogP contribution in [0.25, 0.3) is 0 Å². The molecule has 0 spiro atoms. The summed E-state index contributed by atoms with van der Waals surface area (Å²) < 4.78 is 0. The molecule has 1 saturated carbocycles. The molecule has 0 unspecified atom stereocenters. The first-order valence-corrected chi connectivity index (χ1v) is 5.12. The van der Waals surface area contributed by atoms with Crippen molar-refractivity contribution in [3.63, 3.8) is 0 Å². The fourth-order valence-electron chi connectivity index (χ4n) is 1.48. The Morgan fingerprint density at radius 3 is 2.93 bits per heavy atom. The summed E-state index contributed by atoms with van der Waals surface area (Å²) in [6.07, 6.45) is 5.08. The van der Waals surface area contributed by atoms with E-state index in [1.54, 1.807) is 0 Å². The second-order valence-corrected chi connectivity index (χ2v) is 3.89. The standard InChI is InChI=1S/C11H16N2O/c1-8-6-11(13-10-2-3-10)12-7-9(8)4-5-14/h6-7,10,14H,2-5H2,1H3,(H,12,13). The maximum atomic E-state index is 8.83. The lowest BCUT2D eigenvalue weighted by Crippen LogP contribution is -2.04. The van der Waals surface area contributed by atoms with E-state index in [1.165, 1.54) is 18.4 Å². The first-order chi connectivity index (χ1) is 6.79. The summed E-state index contributed by atoms with van der Waals surface area (Å²) in [5.41, 5.74) is 2.34. The quantitative estimate of drug-likeness (QED) is 0.760. The zero-order valence-electron chi connectivity index (χ0n) is 8.45. The van der Waals surface area contributed by atoms with Gasteiger partial charge < -0.3 is 10.4 Å². The molecule has 3 heteroatoms. The smallest absolute Gasteiger partial charge is 0.126 e. The van der Waals surface area contributed by atoms with Crippen LogP contribution in [-0.4, -0.2) is 22.7 Å². The van der Waals surface area contributed by atoms with Gasteiger partial charge in [-0.05, 0) is 43.4 Å². The van der Waals surface area contributed by atoms with Crippen LogP contribution in [-0.2, 0) is 6.42 Å². The van der Waals surface area contributed by atoms with Crippen LogP contribution >= 0.6 is 0 Å². The van der Waals surface area contributed by atoms with Crippen LogP contribution in [0.15, 0.2) is 12.3 Å². The lowest BCUT2D eigenvalue weighted by atomic mass is 10.1. The fourth-order valence-corrected chi connectivity index (χ4v) is 1.48. The first kappa shape index (κ1) is 9.46. The summed E-state index contributed by atoms with van der Waals surface area (Å²) in [5.74, 6) is 0.965. The highest BCUT2D eigenvalue weighted by Gasteiger charge is 2.21. The molecule has 2 rings (SSSR count). The van der Waals surface area contributed by atoms with Gasteiger partial charge in [0.2, 0.25) is 0 Å². The Balaban J connectivity index is 2.08. The molecule has 1 aliphatic rings. The van der Waals surface area contributed by atoms with Crippen molar-refractivity contribution >= 4 is 5.82 Å². The predicted octanol–water partition coefficient (Wildman–Crippen LogP) is 1.50. The highest BCUT2D eigenvalue weighted by atomic mass is 16.2. The van der Waals surface area contributed by atoms with E-state index in [-0.39, 0.29) is 6.61 Å². The summed E-state index contributed by atoms with van der Waals surface area (Å²) in [5, 5.41) is 12.2. The van der Waals surface area contributed by atoms with Gasteiger partial charge in [0.15, 0.2) is 0 Å². The third-order valence-electron chi connectivity index (χ3n) is 2.53. The second kappa shape index (κ2) is 3.96. The molecule has 1 heterocycles. The number of nitrogens with one attached hydrogen (secondary N) is 1. The van der Waals surface area contributed by atoms with Crippen LogP contribution in [0.4, 0.5) is 5.82 Å². The third kappa shape index (κ3) is 2.23. The van der Waals surface area contributed by atoms with Crippen LogP contribution in [0.2, 0.25) is 0 Å². The highest BCUT2D eigenvalue weighted by Crippen LogP contribution is 2.24. The van der Waals surface area contributed by atoms with Crippen molar-refractivity contribution in [1.82, 2.24) is 4.98 Å². The number of aromatic nitrogens is 1. The molecule has 0 aromatic carbocycles. The fraction of sp³-hybridized carbons (Fsp3) is 0.545. The van der Waals surface area contributed by atoms with Gasteiger partial charge >= 0.3 is 0 Å². The number of aliphatic hydroxyl groups is 1. The molecule has 76 valence electrons. The molecule has 0 bridgehead atoms. The maximum Gasteiger partial charge on any atom is 0.126 e. The number of rotatable bonds is 4. The highest BCUT2D eigenvalue weighted by molar-refractivity contribution is 5.42. The van der Waals surface area contributed by atoms with Gasteiger partial charge in [0, 0.05) is 18.8 Å². The molecule has 1 aliphatic carbocycles. The number of aryl methyl sites for hydroxylation is 1. The van der Waals surface area contributed by atoms with Crippen molar-refractivity contribution < 1.29 is 5.11 Å². The summed E-state index contributed by atoms with van der Waals surface area (Å²) in [6.45, 7) is 2.25. The number of anilines is 1. The van der Waals surface area contributed by atoms with Gasteiger partial charge in [-0.3, -0.25) is 0 Å². The van der Waals surface area contributed by atoms with Gasteiger partial charge in [-0.15, -0.1) is 0 Å². The molecule has 1 aromatic rings. The van der Waals surface area contributed by atoms with Gasteiger partial charge in [0.25, 0.3) is 0 Å². The molecule has 0 atom stereocenters. The van der Waals surface area contributed by atoms with Gasteiger partial charge in [-0.25, -0.2) is 4.98 Å². The molecular formula is C11H16N2O. The van der Waals surface area contributed by atoms with Gasteiger partial charge in [-0.1, -0.05) is 0 Å². The minimum Gasteiger partial charge on any atom is -0.396 e. The summed E-state index contributed by atoms with van der Waals surface area (Å²) in [6, 6.07) is 2.70. The molecule has 0 radical (unpaired) electrons. The molecule has 14 heavy (non-hydrogen) atoms. The molecule has 1 fully saturated rings. The van der Waals surface area contributed by atoms with Gasteiger partial charge in [-0.2, -0.15) is 0 Å². The Hall–Kier alpha value is -1.09. The zero-order valence-corrected chi connectivity index (χ0v) is 8.45. The average Bonchev–Trinajstić information content (AvgIpc) is 2.94. The van der Waals surface area contributed by atoms with Crippen LogP contribution in [0.3, 0.4) is 0 Å². The second-order valence-electron chi connectivity index (χ2n) is 3.89. The largest absolute Gasteiger partial charge is 0.396 e. The third-order valence-corrected chi connectivity index (χ3v) is 2.53. The zero-order chi connectivity index (χ0) is 9.97. The number of pyridine rings is 1. The Kier molecular flexibility index (Phi) is 2.68. The molecule has 0 amide bonds. The SMILES string of the molecule is Cc1cc(NC2CC2)ncc1CCO. The van der Waals surface area contributed by atoms with Crippen molar-refractivity contribution in [2.24, 2.45) is 0 Å². The number of hydrogen-bond donors (Lipinski definition) is 2. The minimum atomic E-state index is 0.192. The monoisotopic (exact) mass is 192 g/mol. The molecule has 3 nitrogen and oxygen atoms in total. The molecular weight excluding hydrogens is 176 g/mol. The van der Waals surface area contributed by atoms with Crippen molar-refractivity contribution in [2.75, 3.05) is 11.9 Å². The Labute approximate surface area is 84.2 Å². The van der Waals surface area contributed by atoms with Crippen molar-refractivity contribution in [3.8, 4) is 0 Å². The number of nitrogens with zero attached hydrogens (tertiary/aromatic N) is 1. The van der Waals surface area contributed by atoms with Gasteiger partial charge in [0.1, 0.15) is 5.82 Å². The van der Waals surface area contributed by atoms with E-state index >= 15 is 0 Å². The van der Waals surface area contributed by atoms with E-state index in [2.05, 4.69) is 23.3 Å². The van der Waals surface area contributed by atoms with Crippen LogP contribution < -0.4 is 5.32 Å². The van der Waals surface area contributed by atoms with E-state index in [0.717, 1.165) is 11.4 Å². The van der Waals surface area contributed by atoms with Crippen molar-refractivity contribution in [2.45, 2.75) is 32.2 Å². The van der Waals surface area contributed by atoms with E-state index < -0.39 is 0 Å². The number of aliphatic hydroxyl groups excluding tert-OH is 1. The molecule has 0 aliphatic heterocycles. The Morgan fingerprint density at radius 1 is 1.57 bits per heavy atom. The predicted molar refractivity (Wildman–Crippen MR) is 56.4 cm³/mol. The van der Waals surface area contributed by atoms with E-state index in [0.29, 0.717) is 12.5 Å². The van der Waals surface area contributed by atoms with Crippen molar-refractivity contribution in [1.29, 1.82) is 0 Å². The molecule has 2 N–H and O–H groups in total. The Morgan fingerprint density at radius 2 is 2.36 bits per heavy atom. The van der Waals surface area contributed by atoms with Crippen molar-refractivity contribution in [3.05, 3.63) is 23.4 Å². The minimum absolute atomic E-state index is 0.192. The lowest BCUT2D eigenvalue weighted by molar-refractivity contribution is 0.299. The molecule has 0 saturated heterocycles. The van der Waals surface area contributed by atoms with E-state index in [1.807, 2.05) is 6.20 Å². The average molecular weight is 192 g/mol. The Bertz CT molecular complexity index is 321. The number of hydrogen-bond acceptors (Lipinski definition) is 3. The van der Waals surface area contributed by atoms with Crippen LogP contribution in [0, 0.1) is 6.92 Å². The van der Waals surface area contributed by atoms with E-state index in [9.17, 15) is 0 Å². The maximum absolute atomic E-state index is 8.83. The van der Waals surface area contributed by atoms with E-state index in [4.69, 9.17) is 5.11 Å².